The maximum Gasteiger partial charge on any atom is 0.423 e. The molecule has 20 heavy (non-hydrogen) atoms. The van der Waals surface area contributed by atoms with Crippen LogP contribution in [-0.4, -0.2) is 23.0 Å². The van der Waals surface area contributed by atoms with Crippen LogP contribution in [0.15, 0.2) is 18.2 Å². The van der Waals surface area contributed by atoms with E-state index in [0.29, 0.717) is 0 Å². The van der Waals surface area contributed by atoms with E-state index in [9.17, 15) is 23.3 Å². The van der Waals surface area contributed by atoms with Crippen molar-refractivity contribution >= 4 is 23.1 Å². The Morgan fingerprint density at radius 2 is 2.10 bits per heavy atom. The summed E-state index contributed by atoms with van der Waals surface area (Å²) in [5.74, 6) is 0.882. The number of nitrogens with zero attached hydrogens (tertiary/aromatic N) is 1. The molecule has 1 rings (SSSR count). The van der Waals surface area contributed by atoms with Crippen molar-refractivity contribution in [1.82, 2.24) is 0 Å². The number of thioether (sulfide) groups is 1. The molecule has 0 radical (unpaired) electrons. The van der Waals surface area contributed by atoms with E-state index in [4.69, 9.17) is 0 Å². The molecule has 0 amide bonds. The molecule has 0 bridgehead atoms. The molecule has 0 aliphatic heterocycles. The highest BCUT2D eigenvalue weighted by Gasteiger charge is 2.38. The fourth-order valence-electron chi connectivity index (χ4n) is 1.66. The number of nitrogens with one attached hydrogen (secondary N) is 1. The molecular formula is C12H15F3N2O2S. The van der Waals surface area contributed by atoms with Gasteiger partial charge in [-0.2, -0.15) is 24.9 Å². The molecule has 0 aliphatic carbocycles. The first kappa shape index (κ1) is 16.6. The Bertz CT molecular complexity index is 480. The molecule has 1 aromatic carbocycles. The first-order valence-corrected chi connectivity index (χ1v) is 7.26. The third-order valence-electron chi connectivity index (χ3n) is 2.67. The third kappa shape index (κ3) is 4.59. The van der Waals surface area contributed by atoms with Crippen molar-refractivity contribution < 1.29 is 18.1 Å². The molecule has 8 heteroatoms. The molecule has 1 atom stereocenters. The van der Waals surface area contributed by atoms with Gasteiger partial charge in [0.25, 0.3) is 5.69 Å². The summed E-state index contributed by atoms with van der Waals surface area (Å²) in [5.41, 5.74) is -1.93. The van der Waals surface area contributed by atoms with Crippen molar-refractivity contribution in [2.24, 2.45) is 0 Å². The van der Waals surface area contributed by atoms with Gasteiger partial charge in [0.05, 0.1) is 4.92 Å². The lowest BCUT2D eigenvalue weighted by atomic mass is 10.1. The second-order valence-corrected chi connectivity index (χ2v) is 5.30. The van der Waals surface area contributed by atoms with Crippen LogP contribution in [0.5, 0.6) is 0 Å². The smallest absolute Gasteiger partial charge is 0.383 e. The summed E-state index contributed by atoms with van der Waals surface area (Å²) in [5, 5.41) is 13.5. The van der Waals surface area contributed by atoms with Crippen LogP contribution in [0.3, 0.4) is 0 Å². The molecule has 112 valence electrons. The topological polar surface area (TPSA) is 55.2 Å². The minimum Gasteiger partial charge on any atom is -0.383 e. The summed E-state index contributed by atoms with van der Waals surface area (Å²) in [4.78, 5) is 9.60. The highest BCUT2D eigenvalue weighted by atomic mass is 32.2. The number of nitro groups is 1. The molecule has 0 fully saturated rings. The number of halogens is 3. The largest absolute Gasteiger partial charge is 0.423 e. The van der Waals surface area contributed by atoms with Crippen LogP contribution in [0.2, 0.25) is 0 Å². The van der Waals surface area contributed by atoms with Crippen molar-refractivity contribution in [2.75, 3.05) is 17.3 Å². The summed E-state index contributed by atoms with van der Waals surface area (Å²) < 4.78 is 38.4. The minimum atomic E-state index is -4.75. The second-order valence-electron chi connectivity index (χ2n) is 4.31. The number of hydrogen-bond acceptors (Lipinski definition) is 4. The van der Waals surface area contributed by atoms with Gasteiger partial charge >= 0.3 is 6.18 Å². The molecule has 0 heterocycles. The third-order valence-corrected chi connectivity index (χ3v) is 3.31. The maximum absolute atomic E-state index is 12.8. The van der Waals surface area contributed by atoms with Crippen LogP contribution in [0.4, 0.5) is 24.5 Å². The standard InChI is InChI=1S/C12H15F3N2O2S/c1-8(5-6-20-2)16-9-3-4-11(17(18)19)10(7-9)12(13,14)15/h3-4,7-8,16H,5-6H2,1-2H3. The zero-order valence-corrected chi connectivity index (χ0v) is 11.8. The van der Waals surface area contributed by atoms with Crippen LogP contribution >= 0.6 is 11.8 Å². The Morgan fingerprint density at radius 3 is 2.60 bits per heavy atom. The fourth-order valence-corrected chi connectivity index (χ4v) is 2.25. The van der Waals surface area contributed by atoms with Crippen molar-refractivity contribution in [1.29, 1.82) is 0 Å². The van der Waals surface area contributed by atoms with Gasteiger partial charge < -0.3 is 5.32 Å². The average molecular weight is 308 g/mol. The predicted molar refractivity (Wildman–Crippen MR) is 74.2 cm³/mol. The Balaban J connectivity index is 2.98. The van der Waals surface area contributed by atoms with Crippen molar-refractivity contribution in [2.45, 2.75) is 25.6 Å². The van der Waals surface area contributed by atoms with E-state index in [1.165, 1.54) is 6.07 Å². The van der Waals surface area contributed by atoms with Gasteiger partial charge in [-0.05, 0) is 37.5 Å². The highest BCUT2D eigenvalue weighted by Crippen LogP contribution is 2.37. The molecular weight excluding hydrogens is 293 g/mol. The molecule has 1 N–H and O–H groups in total. The number of anilines is 1. The monoisotopic (exact) mass is 308 g/mol. The second kappa shape index (κ2) is 6.83. The van der Waals surface area contributed by atoms with E-state index in [1.54, 1.807) is 11.8 Å². The molecule has 0 aliphatic rings. The van der Waals surface area contributed by atoms with Crippen LogP contribution in [0.1, 0.15) is 18.9 Å². The summed E-state index contributed by atoms with van der Waals surface area (Å²) in [6, 6.07) is 2.95. The summed E-state index contributed by atoms with van der Waals surface area (Å²) in [6.45, 7) is 1.85. The lowest BCUT2D eigenvalue weighted by Gasteiger charge is -2.16. The predicted octanol–water partition coefficient (Wildman–Crippen LogP) is 4.17. The molecule has 1 aromatic rings. The van der Waals surface area contributed by atoms with Gasteiger partial charge in [0.1, 0.15) is 5.56 Å². The molecule has 1 unspecified atom stereocenters. The number of hydrogen-bond donors (Lipinski definition) is 1. The van der Waals surface area contributed by atoms with E-state index < -0.39 is 22.4 Å². The highest BCUT2D eigenvalue weighted by molar-refractivity contribution is 7.98. The van der Waals surface area contributed by atoms with Crippen LogP contribution in [-0.2, 0) is 6.18 Å². The Hall–Kier alpha value is -1.44. The van der Waals surface area contributed by atoms with E-state index in [-0.39, 0.29) is 11.7 Å². The van der Waals surface area contributed by atoms with Crippen LogP contribution in [0, 0.1) is 10.1 Å². The van der Waals surface area contributed by atoms with E-state index in [2.05, 4.69) is 5.32 Å². The van der Waals surface area contributed by atoms with Crippen molar-refractivity contribution in [3.05, 3.63) is 33.9 Å². The Kier molecular flexibility index (Phi) is 5.67. The van der Waals surface area contributed by atoms with Gasteiger partial charge in [0, 0.05) is 17.8 Å². The summed E-state index contributed by atoms with van der Waals surface area (Å²) in [6.07, 6.45) is -2.01. The van der Waals surface area contributed by atoms with Crippen molar-refractivity contribution in [3.63, 3.8) is 0 Å². The number of benzene rings is 1. The summed E-state index contributed by atoms with van der Waals surface area (Å²) in [7, 11) is 0. The van der Waals surface area contributed by atoms with Crippen LogP contribution < -0.4 is 5.32 Å². The number of alkyl halides is 3. The molecule has 0 saturated carbocycles. The quantitative estimate of drug-likeness (QED) is 0.633. The van der Waals surface area contributed by atoms with Gasteiger partial charge in [-0.25, -0.2) is 0 Å². The van der Waals surface area contributed by atoms with Gasteiger partial charge in [-0.3, -0.25) is 10.1 Å². The molecule has 0 spiro atoms. The maximum atomic E-state index is 12.8. The summed E-state index contributed by atoms with van der Waals surface area (Å²) >= 11 is 1.64. The molecule has 4 nitrogen and oxygen atoms in total. The van der Waals surface area contributed by atoms with Crippen LogP contribution in [0.25, 0.3) is 0 Å². The van der Waals surface area contributed by atoms with E-state index in [1.807, 2.05) is 13.2 Å². The number of rotatable bonds is 6. The lowest BCUT2D eigenvalue weighted by Crippen LogP contribution is -2.17. The van der Waals surface area contributed by atoms with Gasteiger partial charge in [-0.1, -0.05) is 0 Å². The SMILES string of the molecule is CSCCC(C)Nc1ccc([N+](=O)[O-])c(C(F)(F)F)c1. The minimum absolute atomic E-state index is 0.00927. The van der Waals surface area contributed by atoms with E-state index >= 15 is 0 Å². The zero-order chi connectivity index (χ0) is 15.3. The molecule has 0 aromatic heterocycles. The normalized spacial score (nSPS) is 13.1. The zero-order valence-electron chi connectivity index (χ0n) is 11.0. The van der Waals surface area contributed by atoms with Gasteiger partial charge in [0.15, 0.2) is 0 Å². The molecule has 0 saturated heterocycles. The number of nitro benzene ring substituents is 1. The first-order valence-electron chi connectivity index (χ1n) is 5.86. The Morgan fingerprint density at radius 1 is 1.45 bits per heavy atom. The lowest BCUT2D eigenvalue weighted by molar-refractivity contribution is -0.388. The van der Waals surface area contributed by atoms with Crippen molar-refractivity contribution in [3.8, 4) is 0 Å². The Labute approximate surface area is 118 Å². The van der Waals surface area contributed by atoms with Gasteiger partial charge in [-0.15, -0.1) is 0 Å². The van der Waals surface area contributed by atoms with Gasteiger partial charge in [0.2, 0.25) is 0 Å². The average Bonchev–Trinajstić information content (AvgIpc) is 2.35. The first-order chi connectivity index (χ1) is 9.25. The van der Waals surface area contributed by atoms with E-state index in [0.717, 1.165) is 24.3 Å². The fraction of sp³-hybridized carbons (Fsp3) is 0.500.